The summed E-state index contributed by atoms with van der Waals surface area (Å²) in [5.74, 6) is 0.851. The van der Waals surface area contributed by atoms with E-state index >= 15 is 0 Å². The van der Waals surface area contributed by atoms with Gasteiger partial charge in [-0.3, -0.25) is 0 Å². The molecule has 0 aromatic heterocycles. The standard InChI is InChI=1S/C15H25NO2/c1-11(16)14(15(2,3)4)18-10-12-7-6-8-13(9-12)17-5/h6-9,11,14H,10,16H2,1-5H3. The van der Waals surface area contributed by atoms with E-state index in [9.17, 15) is 0 Å². The van der Waals surface area contributed by atoms with Gasteiger partial charge >= 0.3 is 0 Å². The first kappa shape index (κ1) is 15.0. The van der Waals surface area contributed by atoms with Crippen LogP contribution >= 0.6 is 0 Å². The van der Waals surface area contributed by atoms with E-state index in [0.717, 1.165) is 11.3 Å². The van der Waals surface area contributed by atoms with Gasteiger partial charge in [-0.05, 0) is 30.0 Å². The Labute approximate surface area is 110 Å². The normalized spacial score (nSPS) is 15.2. The van der Waals surface area contributed by atoms with Crippen LogP contribution in [0, 0.1) is 5.41 Å². The van der Waals surface area contributed by atoms with Crippen molar-refractivity contribution in [3.8, 4) is 5.75 Å². The smallest absolute Gasteiger partial charge is 0.119 e. The van der Waals surface area contributed by atoms with E-state index < -0.39 is 0 Å². The molecule has 1 aromatic rings. The molecule has 3 heteroatoms. The van der Waals surface area contributed by atoms with Crippen molar-refractivity contribution in [3.63, 3.8) is 0 Å². The van der Waals surface area contributed by atoms with Crippen molar-refractivity contribution < 1.29 is 9.47 Å². The Bertz CT molecular complexity index is 369. The van der Waals surface area contributed by atoms with Gasteiger partial charge in [0.25, 0.3) is 0 Å². The topological polar surface area (TPSA) is 44.5 Å². The lowest BCUT2D eigenvalue weighted by Gasteiger charge is -2.33. The second-order valence-electron chi connectivity index (χ2n) is 5.81. The van der Waals surface area contributed by atoms with E-state index in [4.69, 9.17) is 15.2 Å². The summed E-state index contributed by atoms with van der Waals surface area (Å²) in [4.78, 5) is 0. The molecular formula is C15H25NO2. The molecule has 0 aliphatic rings. The minimum absolute atomic E-state index is 0.00982. The van der Waals surface area contributed by atoms with Gasteiger partial charge in [-0.15, -0.1) is 0 Å². The van der Waals surface area contributed by atoms with E-state index in [2.05, 4.69) is 20.8 Å². The molecule has 2 atom stereocenters. The SMILES string of the molecule is COc1cccc(COC(C(C)N)C(C)(C)C)c1. The molecule has 3 nitrogen and oxygen atoms in total. The molecule has 1 rings (SSSR count). The van der Waals surface area contributed by atoms with E-state index in [0.29, 0.717) is 6.61 Å². The lowest BCUT2D eigenvalue weighted by atomic mass is 9.85. The summed E-state index contributed by atoms with van der Waals surface area (Å²) in [7, 11) is 1.67. The van der Waals surface area contributed by atoms with Crippen molar-refractivity contribution in [2.75, 3.05) is 7.11 Å². The average Bonchev–Trinajstić information content (AvgIpc) is 2.27. The summed E-state index contributed by atoms with van der Waals surface area (Å²) < 4.78 is 11.2. The molecule has 0 saturated heterocycles. The van der Waals surface area contributed by atoms with Gasteiger partial charge in [0.05, 0.1) is 19.8 Å². The fourth-order valence-electron chi connectivity index (χ4n) is 2.14. The van der Waals surface area contributed by atoms with Crippen LogP contribution in [0.4, 0.5) is 0 Å². The molecular weight excluding hydrogens is 226 g/mol. The Morgan fingerprint density at radius 3 is 2.44 bits per heavy atom. The van der Waals surface area contributed by atoms with E-state index in [1.54, 1.807) is 7.11 Å². The number of rotatable bonds is 5. The second kappa shape index (κ2) is 6.21. The van der Waals surface area contributed by atoms with E-state index in [1.165, 1.54) is 0 Å². The van der Waals surface area contributed by atoms with Crippen LogP contribution in [0.1, 0.15) is 33.3 Å². The van der Waals surface area contributed by atoms with Crippen LogP contribution in [-0.2, 0) is 11.3 Å². The highest BCUT2D eigenvalue weighted by Gasteiger charge is 2.28. The van der Waals surface area contributed by atoms with Crippen LogP contribution in [0.15, 0.2) is 24.3 Å². The van der Waals surface area contributed by atoms with Crippen LogP contribution < -0.4 is 10.5 Å². The molecule has 0 aliphatic heterocycles. The average molecular weight is 251 g/mol. The lowest BCUT2D eigenvalue weighted by molar-refractivity contribution is -0.0400. The zero-order valence-corrected chi connectivity index (χ0v) is 12.1. The van der Waals surface area contributed by atoms with Crippen molar-refractivity contribution in [1.82, 2.24) is 0 Å². The van der Waals surface area contributed by atoms with Crippen molar-refractivity contribution in [2.24, 2.45) is 11.1 Å². The first-order valence-electron chi connectivity index (χ1n) is 6.34. The van der Waals surface area contributed by atoms with Gasteiger partial charge in [-0.1, -0.05) is 32.9 Å². The van der Waals surface area contributed by atoms with E-state index in [1.807, 2.05) is 31.2 Å². The molecule has 0 radical (unpaired) electrons. The number of benzene rings is 1. The lowest BCUT2D eigenvalue weighted by Crippen LogP contribution is -2.43. The number of methoxy groups -OCH3 is 1. The molecule has 0 fully saturated rings. The summed E-state index contributed by atoms with van der Waals surface area (Å²) in [5, 5.41) is 0. The molecule has 2 N–H and O–H groups in total. The van der Waals surface area contributed by atoms with Gasteiger partial charge in [0, 0.05) is 6.04 Å². The molecule has 0 spiro atoms. The monoisotopic (exact) mass is 251 g/mol. The van der Waals surface area contributed by atoms with Gasteiger partial charge in [0.15, 0.2) is 0 Å². The van der Waals surface area contributed by atoms with Crippen LogP contribution in [0.3, 0.4) is 0 Å². The van der Waals surface area contributed by atoms with E-state index in [-0.39, 0.29) is 17.6 Å². The fraction of sp³-hybridized carbons (Fsp3) is 0.600. The molecule has 0 saturated carbocycles. The third-order valence-electron chi connectivity index (χ3n) is 2.89. The number of ether oxygens (including phenoxy) is 2. The zero-order valence-electron chi connectivity index (χ0n) is 12.1. The molecule has 2 unspecified atom stereocenters. The number of hydrogen-bond acceptors (Lipinski definition) is 3. The largest absolute Gasteiger partial charge is 0.497 e. The van der Waals surface area contributed by atoms with Gasteiger partial charge in [-0.2, -0.15) is 0 Å². The van der Waals surface area contributed by atoms with Crippen molar-refractivity contribution >= 4 is 0 Å². The van der Waals surface area contributed by atoms with Crippen LogP contribution in [0.2, 0.25) is 0 Å². The highest BCUT2D eigenvalue weighted by molar-refractivity contribution is 5.27. The quantitative estimate of drug-likeness (QED) is 0.875. The molecule has 0 aliphatic carbocycles. The first-order valence-corrected chi connectivity index (χ1v) is 6.34. The number of hydrogen-bond donors (Lipinski definition) is 1. The maximum absolute atomic E-state index is 5.99. The Kier molecular flexibility index (Phi) is 5.17. The van der Waals surface area contributed by atoms with Crippen molar-refractivity contribution in [3.05, 3.63) is 29.8 Å². The van der Waals surface area contributed by atoms with Crippen molar-refractivity contribution in [2.45, 2.75) is 46.4 Å². The molecule has 0 bridgehead atoms. The minimum atomic E-state index is 0.00982. The molecule has 0 heterocycles. The van der Waals surface area contributed by atoms with Gasteiger partial charge in [0.2, 0.25) is 0 Å². The number of nitrogens with two attached hydrogens (primary N) is 1. The molecule has 1 aromatic carbocycles. The van der Waals surface area contributed by atoms with Gasteiger partial charge in [-0.25, -0.2) is 0 Å². The predicted molar refractivity (Wildman–Crippen MR) is 74.7 cm³/mol. The first-order chi connectivity index (χ1) is 8.34. The third-order valence-corrected chi connectivity index (χ3v) is 2.89. The predicted octanol–water partition coefficient (Wildman–Crippen LogP) is 2.97. The van der Waals surface area contributed by atoms with Crippen LogP contribution in [-0.4, -0.2) is 19.3 Å². The summed E-state index contributed by atoms with van der Waals surface area (Å²) in [6.45, 7) is 8.98. The minimum Gasteiger partial charge on any atom is -0.497 e. The third kappa shape index (κ3) is 4.31. The van der Waals surface area contributed by atoms with Gasteiger partial charge < -0.3 is 15.2 Å². The maximum atomic E-state index is 5.99. The zero-order chi connectivity index (χ0) is 13.8. The Morgan fingerprint density at radius 2 is 1.94 bits per heavy atom. The molecule has 102 valence electrons. The van der Waals surface area contributed by atoms with Gasteiger partial charge in [0.1, 0.15) is 5.75 Å². The van der Waals surface area contributed by atoms with Crippen LogP contribution in [0.25, 0.3) is 0 Å². The summed E-state index contributed by atoms with van der Waals surface area (Å²) >= 11 is 0. The summed E-state index contributed by atoms with van der Waals surface area (Å²) in [6.07, 6.45) is 0.0312. The molecule has 18 heavy (non-hydrogen) atoms. The van der Waals surface area contributed by atoms with Crippen molar-refractivity contribution in [1.29, 1.82) is 0 Å². The summed E-state index contributed by atoms with van der Waals surface area (Å²) in [5.41, 5.74) is 7.13. The summed E-state index contributed by atoms with van der Waals surface area (Å²) in [6, 6.07) is 7.92. The Balaban J connectivity index is 2.67. The molecule has 0 amide bonds. The maximum Gasteiger partial charge on any atom is 0.119 e. The fourth-order valence-corrected chi connectivity index (χ4v) is 2.14. The highest BCUT2D eigenvalue weighted by Crippen LogP contribution is 2.25. The van der Waals surface area contributed by atoms with Crippen LogP contribution in [0.5, 0.6) is 5.75 Å². The second-order valence-corrected chi connectivity index (χ2v) is 5.81. The highest BCUT2D eigenvalue weighted by atomic mass is 16.5. The Morgan fingerprint density at radius 1 is 1.28 bits per heavy atom. The Hall–Kier alpha value is -1.06.